The van der Waals surface area contributed by atoms with Gasteiger partial charge in [-0.1, -0.05) is 35.9 Å². The fourth-order valence-electron chi connectivity index (χ4n) is 3.15. The summed E-state index contributed by atoms with van der Waals surface area (Å²) in [5.74, 6) is -0.571. The number of nitrogens with one attached hydrogen (secondary N) is 3. The minimum absolute atomic E-state index is 0.191. The average molecular weight is 388 g/mol. The number of rotatable bonds is 5. The largest absolute Gasteiger partial charge is 0.360 e. The van der Waals surface area contributed by atoms with Gasteiger partial charge in [-0.15, -0.1) is 0 Å². The summed E-state index contributed by atoms with van der Waals surface area (Å²) >= 11 is 5.86. The van der Waals surface area contributed by atoms with Crippen molar-refractivity contribution in [2.75, 3.05) is 37.6 Å². The minimum Gasteiger partial charge on any atom is -0.360 e. The predicted molar refractivity (Wildman–Crippen MR) is 106 cm³/mol. The zero-order valence-electron chi connectivity index (χ0n) is 15.1. The molecule has 2 aromatic carbocycles. The number of hydrogen-bond donors (Lipinski definition) is 3. The van der Waals surface area contributed by atoms with Crippen LogP contribution < -0.4 is 20.7 Å². The number of hydrazine groups is 1. The van der Waals surface area contributed by atoms with Crippen LogP contribution in [0.1, 0.15) is 16.8 Å². The molecule has 3 rings (SSSR count). The molecule has 0 spiro atoms. The van der Waals surface area contributed by atoms with E-state index >= 15 is 0 Å². The number of amides is 2. The molecule has 3 N–H and O–H groups in total. The van der Waals surface area contributed by atoms with Gasteiger partial charge in [-0.2, -0.15) is 0 Å². The van der Waals surface area contributed by atoms with Crippen molar-refractivity contribution in [1.29, 1.82) is 0 Å². The summed E-state index contributed by atoms with van der Waals surface area (Å²) < 4.78 is 0. The molecule has 1 heterocycles. The maximum Gasteiger partial charge on any atom is 0.269 e. The number of quaternary nitrogens is 1. The second-order valence-electron chi connectivity index (χ2n) is 6.59. The van der Waals surface area contributed by atoms with Crippen LogP contribution >= 0.6 is 11.6 Å². The van der Waals surface area contributed by atoms with Crippen molar-refractivity contribution in [2.45, 2.75) is 6.42 Å². The van der Waals surface area contributed by atoms with Crippen LogP contribution in [0.2, 0.25) is 5.02 Å². The van der Waals surface area contributed by atoms with Gasteiger partial charge in [-0.05, 0) is 30.3 Å². The number of nitrogens with zero attached hydrogens (tertiary/aromatic N) is 1. The third kappa shape index (κ3) is 5.70. The monoisotopic (exact) mass is 387 g/mol. The zero-order valence-corrected chi connectivity index (χ0v) is 15.8. The van der Waals surface area contributed by atoms with E-state index < -0.39 is 0 Å². The van der Waals surface area contributed by atoms with Crippen LogP contribution in [0.5, 0.6) is 0 Å². The lowest BCUT2D eigenvalue weighted by Crippen LogP contribution is -3.15. The van der Waals surface area contributed by atoms with E-state index in [1.807, 2.05) is 6.07 Å². The molecule has 1 aliphatic rings. The van der Waals surface area contributed by atoms with Crippen LogP contribution in [0.3, 0.4) is 0 Å². The normalized spacial score (nSPS) is 14.6. The number of benzene rings is 2. The second-order valence-corrected chi connectivity index (χ2v) is 7.02. The SMILES string of the molecule is O=C(CC[NH+]1CCN(c2ccccc2)CC1)NNC(=O)c1cccc(Cl)c1. The first-order valence-corrected chi connectivity index (χ1v) is 9.48. The number of hydrogen-bond acceptors (Lipinski definition) is 3. The Bertz CT molecular complexity index is 777. The van der Waals surface area contributed by atoms with Crippen LogP contribution in [0.4, 0.5) is 5.69 Å². The van der Waals surface area contributed by atoms with E-state index in [-0.39, 0.29) is 11.8 Å². The molecule has 7 heteroatoms. The Hall–Kier alpha value is -2.57. The Labute approximate surface area is 164 Å². The molecule has 142 valence electrons. The molecule has 0 unspecified atom stereocenters. The van der Waals surface area contributed by atoms with Gasteiger partial charge in [0, 0.05) is 16.3 Å². The van der Waals surface area contributed by atoms with Gasteiger partial charge in [0.05, 0.1) is 39.1 Å². The highest BCUT2D eigenvalue weighted by atomic mass is 35.5. The molecular formula is C20H24ClN4O2+. The van der Waals surface area contributed by atoms with Crippen molar-refractivity contribution in [3.05, 3.63) is 65.2 Å². The molecule has 0 atom stereocenters. The Morgan fingerprint density at radius 1 is 1.00 bits per heavy atom. The third-order valence-corrected chi connectivity index (χ3v) is 4.93. The lowest BCUT2D eigenvalue weighted by atomic mass is 10.2. The fraction of sp³-hybridized carbons (Fsp3) is 0.300. The summed E-state index contributed by atoms with van der Waals surface area (Å²) in [6.07, 6.45) is 0.372. The summed E-state index contributed by atoms with van der Waals surface area (Å²) in [5, 5.41) is 0.479. The van der Waals surface area contributed by atoms with E-state index in [4.69, 9.17) is 11.6 Å². The van der Waals surface area contributed by atoms with E-state index in [0.29, 0.717) is 17.0 Å². The first-order valence-electron chi connectivity index (χ1n) is 9.10. The van der Waals surface area contributed by atoms with Crippen LogP contribution in [-0.2, 0) is 4.79 Å². The molecule has 0 radical (unpaired) electrons. The van der Waals surface area contributed by atoms with Crippen LogP contribution in [0.15, 0.2) is 54.6 Å². The number of halogens is 1. The molecular weight excluding hydrogens is 364 g/mol. The van der Waals surface area contributed by atoms with Crippen LogP contribution in [-0.4, -0.2) is 44.5 Å². The highest BCUT2D eigenvalue weighted by Gasteiger charge is 2.20. The average Bonchev–Trinajstić information content (AvgIpc) is 2.71. The molecule has 27 heavy (non-hydrogen) atoms. The summed E-state index contributed by atoms with van der Waals surface area (Å²) in [5.41, 5.74) is 6.55. The first-order chi connectivity index (χ1) is 13.1. The van der Waals surface area contributed by atoms with E-state index in [1.54, 1.807) is 24.3 Å². The van der Waals surface area contributed by atoms with Gasteiger partial charge in [0.2, 0.25) is 5.91 Å². The van der Waals surface area contributed by atoms with Crippen molar-refractivity contribution in [3.63, 3.8) is 0 Å². The van der Waals surface area contributed by atoms with E-state index in [0.717, 1.165) is 32.7 Å². The second kappa shape index (κ2) is 9.39. The molecule has 1 fully saturated rings. The molecule has 0 saturated carbocycles. The minimum atomic E-state index is -0.380. The third-order valence-electron chi connectivity index (χ3n) is 4.70. The quantitative estimate of drug-likeness (QED) is 0.668. The molecule has 6 nitrogen and oxygen atoms in total. The Kier molecular flexibility index (Phi) is 6.68. The van der Waals surface area contributed by atoms with E-state index in [1.165, 1.54) is 10.6 Å². The number of carbonyl (C=O) groups excluding carboxylic acids is 2. The predicted octanol–water partition coefficient (Wildman–Crippen LogP) is 0.896. The maximum absolute atomic E-state index is 12.0. The van der Waals surface area contributed by atoms with Crippen molar-refractivity contribution < 1.29 is 14.5 Å². The smallest absolute Gasteiger partial charge is 0.269 e. The summed E-state index contributed by atoms with van der Waals surface area (Å²) in [6, 6.07) is 17.0. The van der Waals surface area contributed by atoms with Crippen LogP contribution in [0.25, 0.3) is 0 Å². The summed E-state index contributed by atoms with van der Waals surface area (Å²) in [4.78, 5) is 27.8. The zero-order chi connectivity index (χ0) is 19.1. The Morgan fingerprint density at radius 2 is 1.74 bits per heavy atom. The highest BCUT2D eigenvalue weighted by molar-refractivity contribution is 6.30. The fourth-order valence-corrected chi connectivity index (χ4v) is 3.34. The van der Waals surface area contributed by atoms with E-state index in [9.17, 15) is 9.59 Å². The van der Waals surface area contributed by atoms with Crippen molar-refractivity contribution in [1.82, 2.24) is 10.9 Å². The Balaban J connectivity index is 1.36. The topological polar surface area (TPSA) is 65.9 Å². The van der Waals surface area contributed by atoms with Gasteiger partial charge in [0.15, 0.2) is 0 Å². The first kappa shape index (κ1) is 19.2. The number of para-hydroxylation sites is 1. The molecule has 0 bridgehead atoms. The summed E-state index contributed by atoms with van der Waals surface area (Å²) in [7, 11) is 0. The van der Waals surface area contributed by atoms with Gasteiger partial charge in [-0.3, -0.25) is 20.4 Å². The van der Waals surface area contributed by atoms with Gasteiger partial charge in [0.1, 0.15) is 0 Å². The maximum atomic E-state index is 12.0. The number of piperazine rings is 1. The molecule has 0 aromatic heterocycles. The van der Waals surface area contributed by atoms with E-state index in [2.05, 4.69) is 40.0 Å². The van der Waals surface area contributed by atoms with Crippen molar-refractivity contribution >= 4 is 29.1 Å². The van der Waals surface area contributed by atoms with Crippen molar-refractivity contribution in [2.24, 2.45) is 0 Å². The Morgan fingerprint density at radius 3 is 2.44 bits per heavy atom. The number of anilines is 1. The number of carbonyl (C=O) groups is 2. The highest BCUT2D eigenvalue weighted by Crippen LogP contribution is 2.12. The van der Waals surface area contributed by atoms with Gasteiger partial charge >= 0.3 is 0 Å². The molecule has 2 aromatic rings. The molecule has 0 aliphatic carbocycles. The van der Waals surface area contributed by atoms with Crippen LogP contribution in [0, 0.1) is 0 Å². The van der Waals surface area contributed by atoms with Crippen molar-refractivity contribution in [3.8, 4) is 0 Å². The molecule has 1 saturated heterocycles. The lowest BCUT2D eigenvalue weighted by molar-refractivity contribution is -0.900. The van der Waals surface area contributed by atoms with Gasteiger partial charge in [-0.25, -0.2) is 0 Å². The van der Waals surface area contributed by atoms with Gasteiger partial charge in [0.25, 0.3) is 5.91 Å². The standard InChI is InChI=1S/C20H23ClN4O2/c21-17-6-4-5-16(15-17)20(27)23-22-19(26)9-10-24-11-13-25(14-12-24)18-7-2-1-3-8-18/h1-8,15H,9-14H2,(H,22,26)(H,23,27)/p+1. The lowest BCUT2D eigenvalue weighted by Gasteiger charge is -2.33. The molecule has 1 aliphatic heterocycles. The van der Waals surface area contributed by atoms with Gasteiger partial charge < -0.3 is 9.80 Å². The summed E-state index contributed by atoms with van der Waals surface area (Å²) in [6.45, 7) is 4.70. The molecule has 2 amide bonds.